The summed E-state index contributed by atoms with van der Waals surface area (Å²) in [5.74, 6) is -1.78. The van der Waals surface area contributed by atoms with E-state index < -0.39 is 11.6 Å². The molecule has 0 radical (unpaired) electrons. The lowest BCUT2D eigenvalue weighted by Crippen LogP contribution is -1.97. The quantitative estimate of drug-likeness (QED) is 0.782. The highest BCUT2D eigenvalue weighted by atomic mass is 79.9. The second-order valence-electron chi connectivity index (χ2n) is 2.33. The Hall–Kier alpha value is -0.480. The van der Waals surface area contributed by atoms with Gasteiger partial charge in [0, 0.05) is 11.1 Å². The Labute approximate surface area is 77.2 Å². The predicted octanol–water partition coefficient (Wildman–Crippen LogP) is 2.26. The molecule has 0 aliphatic heterocycles. The van der Waals surface area contributed by atoms with Gasteiger partial charge in [0.1, 0.15) is 0 Å². The summed E-state index contributed by atoms with van der Waals surface area (Å²) in [6, 6.07) is 2.50. The second-order valence-corrected chi connectivity index (χ2v) is 3.25. The van der Waals surface area contributed by atoms with E-state index in [1.807, 2.05) is 0 Å². The fourth-order valence-corrected chi connectivity index (χ4v) is 1.39. The Balaban J connectivity index is 3.09. The minimum absolute atomic E-state index is 0.127. The zero-order valence-electron chi connectivity index (χ0n) is 6.15. The molecule has 0 aliphatic carbocycles. The van der Waals surface area contributed by atoms with Gasteiger partial charge >= 0.3 is 0 Å². The highest BCUT2D eigenvalue weighted by Crippen LogP contribution is 2.19. The van der Waals surface area contributed by atoms with Crippen LogP contribution in [0.1, 0.15) is 5.56 Å². The SMILES string of the molecule is OCCc1cc(Br)cc(F)c1F. The largest absolute Gasteiger partial charge is 0.396 e. The molecule has 4 heteroatoms. The molecule has 0 saturated carbocycles. The summed E-state index contributed by atoms with van der Waals surface area (Å²) >= 11 is 3.03. The molecule has 0 atom stereocenters. The standard InChI is InChI=1S/C8H7BrF2O/c9-6-3-5(1-2-12)8(11)7(10)4-6/h3-4,12H,1-2H2. The molecule has 1 rings (SSSR count). The molecule has 66 valence electrons. The lowest BCUT2D eigenvalue weighted by molar-refractivity contribution is 0.297. The number of hydrogen-bond donors (Lipinski definition) is 1. The number of halogens is 3. The van der Waals surface area contributed by atoms with Gasteiger partial charge in [0.2, 0.25) is 0 Å². The molecule has 1 N–H and O–H groups in total. The lowest BCUT2D eigenvalue weighted by atomic mass is 10.1. The maximum atomic E-state index is 12.9. The molecular weight excluding hydrogens is 230 g/mol. The molecule has 0 aliphatic rings. The lowest BCUT2D eigenvalue weighted by Gasteiger charge is -2.02. The second kappa shape index (κ2) is 3.96. The van der Waals surface area contributed by atoms with Crippen molar-refractivity contribution in [3.63, 3.8) is 0 Å². The smallest absolute Gasteiger partial charge is 0.162 e. The maximum Gasteiger partial charge on any atom is 0.162 e. The molecule has 0 aromatic heterocycles. The summed E-state index contributed by atoms with van der Waals surface area (Å²) in [4.78, 5) is 0. The van der Waals surface area contributed by atoms with Crippen molar-refractivity contribution in [2.45, 2.75) is 6.42 Å². The molecule has 0 bridgehead atoms. The van der Waals surface area contributed by atoms with Crippen molar-refractivity contribution in [3.05, 3.63) is 33.8 Å². The first-order valence-corrected chi connectivity index (χ1v) is 4.18. The first-order chi connectivity index (χ1) is 5.65. The summed E-state index contributed by atoms with van der Waals surface area (Å²) in [5, 5.41) is 8.52. The van der Waals surface area contributed by atoms with E-state index in [0.29, 0.717) is 4.47 Å². The van der Waals surface area contributed by atoms with Crippen LogP contribution in [0.5, 0.6) is 0 Å². The van der Waals surface area contributed by atoms with Crippen LogP contribution in [0.2, 0.25) is 0 Å². The van der Waals surface area contributed by atoms with Crippen LogP contribution in [-0.4, -0.2) is 11.7 Å². The van der Waals surface area contributed by atoms with Gasteiger partial charge in [-0.1, -0.05) is 15.9 Å². The molecule has 1 aromatic rings. The number of benzene rings is 1. The molecule has 0 heterocycles. The van der Waals surface area contributed by atoms with Gasteiger partial charge in [0.25, 0.3) is 0 Å². The van der Waals surface area contributed by atoms with Crippen LogP contribution in [0.15, 0.2) is 16.6 Å². The Kier molecular flexibility index (Phi) is 3.17. The molecule has 0 fully saturated rings. The van der Waals surface area contributed by atoms with Crippen molar-refractivity contribution in [1.29, 1.82) is 0 Å². The summed E-state index contributed by atoms with van der Waals surface area (Å²) in [7, 11) is 0. The van der Waals surface area contributed by atoms with Gasteiger partial charge < -0.3 is 5.11 Å². The van der Waals surface area contributed by atoms with E-state index in [1.54, 1.807) is 0 Å². The fourth-order valence-electron chi connectivity index (χ4n) is 0.912. The third-order valence-corrected chi connectivity index (χ3v) is 1.91. The summed E-state index contributed by atoms with van der Waals surface area (Å²) < 4.78 is 26.0. The maximum absolute atomic E-state index is 12.9. The molecule has 0 spiro atoms. The van der Waals surface area contributed by atoms with E-state index in [9.17, 15) is 8.78 Å². The number of aliphatic hydroxyl groups is 1. The summed E-state index contributed by atoms with van der Waals surface area (Å²) in [5.41, 5.74) is 0.185. The molecule has 0 saturated heterocycles. The summed E-state index contributed by atoms with van der Waals surface area (Å²) in [6.07, 6.45) is 0.127. The van der Waals surface area contributed by atoms with Gasteiger partial charge in [-0.25, -0.2) is 8.78 Å². The van der Waals surface area contributed by atoms with E-state index in [1.165, 1.54) is 6.07 Å². The summed E-state index contributed by atoms with van der Waals surface area (Å²) in [6.45, 7) is -0.188. The van der Waals surface area contributed by atoms with Crippen LogP contribution in [-0.2, 0) is 6.42 Å². The van der Waals surface area contributed by atoms with Gasteiger partial charge in [-0.05, 0) is 24.1 Å². The monoisotopic (exact) mass is 236 g/mol. The Morgan fingerprint density at radius 3 is 2.58 bits per heavy atom. The van der Waals surface area contributed by atoms with E-state index in [0.717, 1.165) is 6.07 Å². The third-order valence-electron chi connectivity index (χ3n) is 1.45. The van der Waals surface area contributed by atoms with Gasteiger partial charge in [-0.15, -0.1) is 0 Å². The van der Waals surface area contributed by atoms with Crippen LogP contribution in [0.25, 0.3) is 0 Å². The van der Waals surface area contributed by atoms with Crippen molar-refractivity contribution in [1.82, 2.24) is 0 Å². The van der Waals surface area contributed by atoms with Gasteiger partial charge in [0.05, 0.1) is 0 Å². The van der Waals surface area contributed by atoms with Crippen LogP contribution in [0.3, 0.4) is 0 Å². The zero-order chi connectivity index (χ0) is 9.14. The molecule has 1 nitrogen and oxygen atoms in total. The Morgan fingerprint density at radius 1 is 1.33 bits per heavy atom. The van der Waals surface area contributed by atoms with Crippen molar-refractivity contribution < 1.29 is 13.9 Å². The van der Waals surface area contributed by atoms with E-state index in [2.05, 4.69) is 15.9 Å². The highest BCUT2D eigenvalue weighted by Gasteiger charge is 2.08. The zero-order valence-corrected chi connectivity index (χ0v) is 7.74. The Morgan fingerprint density at radius 2 is 2.00 bits per heavy atom. The first kappa shape index (κ1) is 9.61. The molecule has 12 heavy (non-hydrogen) atoms. The van der Waals surface area contributed by atoms with Crippen molar-refractivity contribution >= 4 is 15.9 Å². The van der Waals surface area contributed by atoms with Crippen LogP contribution >= 0.6 is 15.9 Å². The van der Waals surface area contributed by atoms with Gasteiger partial charge in [-0.2, -0.15) is 0 Å². The Bertz CT molecular complexity index is 289. The minimum atomic E-state index is -0.896. The first-order valence-electron chi connectivity index (χ1n) is 3.39. The number of hydrogen-bond acceptors (Lipinski definition) is 1. The van der Waals surface area contributed by atoms with Gasteiger partial charge in [0.15, 0.2) is 11.6 Å². The van der Waals surface area contributed by atoms with Crippen molar-refractivity contribution in [3.8, 4) is 0 Å². The predicted molar refractivity (Wildman–Crippen MR) is 44.8 cm³/mol. The highest BCUT2D eigenvalue weighted by molar-refractivity contribution is 9.10. The number of aliphatic hydroxyl groups excluding tert-OH is 1. The van der Waals surface area contributed by atoms with Crippen molar-refractivity contribution in [2.24, 2.45) is 0 Å². The van der Waals surface area contributed by atoms with Crippen LogP contribution in [0, 0.1) is 11.6 Å². The van der Waals surface area contributed by atoms with E-state index >= 15 is 0 Å². The van der Waals surface area contributed by atoms with Crippen LogP contribution < -0.4 is 0 Å². The third kappa shape index (κ3) is 2.01. The average Bonchev–Trinajstić information content (AvgIpc) is 2.00. The van der Waals surface area contributed by atoms with E-state index in [-0.39, 0.29) is 18.6 Å². The molecule has 0 amide bonds. The molecule has 0 unspecified atom stereocenters. The topological polar surface area (TPSA) is 20.2 Å². The van der Waals surface area contributed by atoms with Gasteiger partial charge in [-0.3, -0.25) is 0 Å². The molecular formula is C8H7BrF2O. The molecule has 1 aromatic carbocycles. The average molecular weight is 237 g/mol. The van der Waals surface area contributed by atoms with Crippen LogP contribution in [0.4, 0.5) is 8.78 Å². The minimum Gasteiger partial charge on any atom is -0.396 e. The normalized spacial score (nSPS) is 10.3. The van der Waals surface area contributed by atoms with Crippen molar-refractivity contribution in [2.75, 3.05) is 6.61 Å². The van der Waals surface area contributed by atoms with E-state index in [4.69, 9.17) is 5.11 Å². The fraction of sp³-hybridized carbons (Fsp3) is 0.250. The number of rotatable bonds is 2.